The molecule has 5 unspecified atom stereocenters. The first-order valence-corrected chi connectivity index (χ1v) is 43.7. The van der Waals surface area contributed by atoms with Crippen molar-refractivity contribution in [2.24, 2.45) is 0 Å². The number of hydrogen-bond acceptors (Lipinski definition) is 15. The number of aliphatic hydroxyl groups excluding tert-OH is 1. The Morgan fingerprint density at radius 1 is 0.274 bits per heavy atom. The molecule has 0 aromatic rings. The van der Waals surface area contributed by atoms with Gasteiger partial charge in [0.1, 0.15) is 19.3 Å². The van der Waals surface area contributed by atoms with Gasteiger partial charge in [0.25, 0.3) is 0 Å². The molecule has 0 aromatic carbocycles. The number of carbonyl (C=O) groups excluding carboxylic acids is 4. The van der Waals surface area contributed by atoms with Gasteiger partial charge in [-0.3, -0.25) is 37.3 Å². The second-order valence-electron chi connectivity index (χ2n) is 26.6. The molecule has 0 heterocycles. The molecule has 0 amide bonds. The van der Waals surface area contributed by atoms with E-state index in [1.54, 1.807) is 0 Å². The number of unbranched alkanes of at least 4 members (excludes halogenated alkanes) is 23. The predicted molar refractivity (Wildman–Crippen MR) is 436 cm³/mol. The third kappa shape index (κ3) is 76.9. The van der Waals surface area contributed by atoms with Gasteiger partial charge in [-0.15, -0.1) is 0 Å². The first kappa shape index (κ1) is 101. The van der Waals surface area contributed by atoms with Crippen LogP contribution in [0.2, 0.25) is 0 Å². The molecular weight excluding hydrogens is 1380 g/mol. The number of esters is 4. The standard InChI is InChI=1S/C87H144O17P2/c1-5-9-13-17-21-25-29-33-37-39-40-42-46-48-52-56-60-64-68-72-85(90)98-78-83(104-87(92)74-70-66-62-58-54-50-44-36-32-28-24-20-16-12-8-4)80-102-106(95,96)100-76-81(88)75-99-105(93,94)101-79-82(103-86(91)73-69-65-61-57-53-49-43-35-31-27-23-19-15-11-7-3)77-97-84(89)71-67-63-59-55-51-47-45-41-38-34-30-26-22-18-14-10-6-2/h9-11,13-15,21-23,25-27,33-38,40,42-44,48,52-53,57,81-83,88H,5-8,12,16-20,24,28-32,39,41,45-47,49-51,54-56,58-80H2,1-4H3,(H,93,94)(H,95,96)/b13-9-,14-10-,15-11-,25-21-,26-22-,27-23-,37-33-,38-34-,42-40-,43-35-,44-36-,52-48-,57-53-. The fourth-order valence-electron chi connectivity index (χ4n) is 10.4. The quantitative estimate of drug-likeness (QED) is 0.0169. The van der Waals surface area contributed by atoms with Crippen molar-refractivity contribution < 1.29 is 80.2 Å². The maximum atomic E-state index is 13.1. The van der Waals surface area contributed by atoms with Crippen LogP contribution in [0.25, 0.3) is 0 Å². The van der Waals surface area contributed by atoms with Gasteiger partial charge < -0.3 is 33.8 Å². The Labute approximate surface area is 642 Å². The van der Waals surface area contributed by atoms with E-state index >= 15 is 0 Å². The van der Waals surface area contributed by atoms with E-state index in [2.05, 4.69) is 186 Å². The molecule has 0 radical (unpaired) electrons. The molecule has 0 aliphatic carbocycles. The minimum absolute atomic E-state index is 0.0350. The zero-order chi connectivity index (χ0) is 77.4. The molecule has 19 heteroatoms. The van der Waals surface area contributed by atoms with Crippen LogP contribution < -0.4 is 0 Å². The smallest absolute Gasteiger partial charge is 0.462 e. The number of rotatable bonds is 75. The molecule has 0 aromatic heterocycles. The summed E-state index contributed by atoms with van der Waals surface area (Å²) in [5, 5.41) is 10.7. The van der Waals surface area contributed by atoms with Crippen molar-refractivity contribution in [2.45, 2.75) is 329 Å². The molecule has 5 atom stereocenters. The molecular formula is C87H144O17P2. The summed E-state index contributed by atoms with van der Waals surface area (Å²) in [6.45, 7) is 4.43. The highest BCUT2D eigenvalue weighted by Gasteiger charge is 2.30. The summed E-state index contributed by atoms with van der Waals surface area (Å²) in [6.07, 6.45) is 90.8. The topological polar surface area (TPSA) is 237 Å². The fourth-order valence-corrected chi connectivity index (χ4v) is 11.9. The van der Waals surface area contributed by atoms with Crippen LogP contribution in [-0.2, 0) is 65.4 Å². The molecule has 3 N–H and O–H groups in total. The number of hydrogen-bond donors (Lipinski definition) is 3. The van der Waals surface area contributed by atoms with E-state index in [9.17, 15) is 43.2 Å². The van der Waals surface area contributed by atoms with Crippen LogP contribution in [0.15, 0.2) is 158 Å². The first-order chi connectivity index (χ1) is 51.7. The van der Waals surface area contributed by atoms with Crippen LogP contribution in [0, 0.1) is 0 Å². The van der Waals surface area contributed by atoms with E-state index < -0.39 is 97.5 Å². The Bertz CT molecular complexity index is 2630. The number of aliphatic hydroxyl groups is 1. The summed E-state index contributed by atoms with van der Waals surface area (Å²) < 4.78 is 68.6. The van der Waals surface area contributed by atoms with Gasteiger partial charge in [-0.05, 0) is 167 Å². The highest BCUT2D eigenvalue weighted by molar-refractivity contribution is 7.47. The van der Waals surface area contributed by atoms with Crippen LogP contribution >= 0.6 is 15.6 Å². The minimum atomic E-state index is -5.00. The molecule has 106 heavy (non-hydrogen) atoms. The van der Waals surface area contributed by atoms with E-state index in [4.69, 9.17) is 37.0 Å². The lowest BCUT2D eigenvalue weighted by molar-refractivity contribution is -0.161. The predicted octanol–water partition coefficient (Wildman–Crippen LogP) is 24.0. The monoisotopic (exact) mass is 1520 g/mol. The lowest BCUT2D eigenvalue weighted by Crippen LogP contribution is -2.30. The van der Waals surface area contributed by atoms with Crippen molar-refractivity contribution in [1.29, 1.82) is 0 Å². The van der Waals surface area contributed by atoms with Crippen LogP contribution in [-0.4, -0.2) is 96.7 Å². The van der Waals surface area contributed by atoms with Crippen LogP contribution in [0.5, 0.6) is 0 Å². The van der Waals surface area contributed by atoms with E-state index in [0.717, 1.165) is 186 Å². The average molecular weight is 1520 g/mol. The molecule has 0 spiro atoms. The van der Waals surface area contributed by atoms with Gasteiger partial charge in [0.05, 0.1) is 26.4 Å². The fraction of sp³-hybridized carbons (Fsp3) is 0.655. The summed E-state index contributed by atoms with van der Waals surface area (Å²) in [5.74, 6) is -2.28. The summed E-state index contributed by atoms with van der Waals surface area (Å²) >= 11 is 0. The molecule has 0 bridgehead atoms. The summed E-state index contributed by atoms with van der Waals surface area (Å²) in [6, 6.07) is 0. The lowest BCUT2D eigenvalue weighted by atomic mass is 10.1. The van der Waals surface area contributed by atoms with Crippen molar-refractivity contribution >= 4 is 39.5 Å². The van der Waals surface area contributed by atoms with Gasteiger partial charge in [-0.25, -0.2) is 9.13 Å². The summed E-state index contributed by atoms with van der Waals surface area (Å²) in [5.41, 5.74) is 0. The van der Waals surface area contributed by atoms with Crippen molar-refractivity contribution in [1.82, 2.24) is 0 Å². The molecule has 17 nitrogen and oxygen atoms in total. The molecule has 0 fully saturated rings. The van der Waals surface area contributed by atoms with Crippen molar-refractivity contribution in [2.75, 3.05) is 39.6 Å². The zero-order valence-corrected chi connectivity index (χ0v) is 67.8. The van der Waals surface area contributed by atoms with Crippen LogP contribution in [0.1, 0.15) is 310 Å². The van der Waals surface area contributed by atoms with Gasteiger partial charge in [-0.1, -0.05) is 276 Å². The average Bonchev–Trinajstić information content (AvgIpc) is 0.909. The Morgan fingerprint density at radius 3 is 0.792 bits per heavy atom. The first-order valence-electron chi connectivity index (χ1n) is 40.7. The summed E-state index contributed by atoms with van der Waals surface area (Å²) in [7, 11) is -10.00. The van der Waals surface area contributed by atoms with Gasteiger partial charge in [0.15, 0.2) is 12.2 Å². The minimum Gasteiger partial charge on any atom is -0.462 e. The van der Waals surface area contributed by atoms with Gasteiger partial charge in [-0.2, -0.15) is 0 Å². The third-order valence-electron chi connectivity index (χ3n) is 16.5. The molecule has 0 rings (SSSR count). The van der Waals surface area contributed by atoms with Gasteiger partial charge in [0, 0.05) is 25.7 Å². The maximum Gasteiger partial charge on any atom is 0.472 e. The SMILES string of the molecule is CC/C=C\C/C=C\C/C=C\C/C=C\C/C=C\CCCCCC(=O)OCC(COP(=O)(O)OCC(O)COP(=O)(O)OCC(COC(=O)CCCCCCCCC/C=C\C/C=C\C/C=C\CC)OC(=O)CCCC/C=C\C/C=C\C/C=C\C/C=C\CC)OC(=O)CCCCCCC/C=C\CCCCCCCC. The number of phosphoric ester groups is 2. The van der Waals surface area contributed by atoms with E-state index in [-0.39, 0.29) is 25.7 Å². The molecule has 0 aliphatic heterocycles. The van der Waals surface area contributed by atoms with Gasteiger partial charge in [0.2, 0.25) is 0 Å². The highest BCUT2D eigenvalue weighted by Crippen LogP contribution is 2.45. The van der Waals surface area contributed by atoms with Crippen molar-refractivity contribution in [3.05, 3.63) is 158 Å². The third-order valence-corrected chi connectivity index (χ3v) is 18.4. The lowest BCUT2D eigenvalue weighted by Gasteiger charge is -2.21. The van der Waals surface area contributed by atoms with Crippen LogP contribution in [0.3, 0.4) is 0 Å². The van der Waals surface area contributed by atoms with Crippen LogP contribution in [0.4, 0.5) is 0 Å². The Kier molecular flexibility index (Phi) is 73.9. The Hall–Kier alpha value is -5.32. The normalized spacial score (nSPS) is 14.7. The van der Waals surface area contributed by atoms with E-state index in [0.29, 0.717) is 32.1 Å². The number of carbonyl (C=O) groups is 4. The largest absolute Gasteiger partial charge is 0.472 e. The Morgan fingerprint density at radius 2 is 0.491 bits per heavy atom. The molecule has 0 aliphatic rings. The van der Waals surface area contributed by atoms with E-state index in [1.165, 1.54) is 38.5 Å². The van der Waals surface area contributed by atoms with E-state index in [1.807, 2.05) is 0 Å². The molecule has 0 saturated heterocycles. The Balaban J connectivity index is 5.45. The van der Waals surface area contributed by atoms with Crippen molar-refractivity contribution in [3.8, 4) is 0 Å². The highest BCUT2D eigenvalue weighted by atomic mass is 31.2. The second kappa shape index (κ2) is 77.8. The zero-order valence-electron chi connectivity index (χ0n) is 66.1. The molecule has 604 valence electrons. The number of phosphoric acid groups is 2. The number of allylic oxidation sites excluding steroid dienone is 26. The molecule has 0 saturated carbocycles. The number of ether oxygens (including phenoxy) is 4. The maximum absolute atomic E-state index is 13.1. The van der Waals surface area contributed by atoms with Crippen molar-refractivity contribution in [3.63, 3.8) is 0 Å². The second-order valence-corrected chi connectivity index (χ2v) is 29.5. The summed E-state index contributed by atoms with van der Waals surface area (Å²) in [4.78, 5) is 73.1. The van der Waals surface area contributed by atoms with Gasteiger partial charge >= 0.3 is 39.5 Å².